The van der Waals surface area contributed by atoms with Crippen LogP contribution in [-0.4, -0.2) is 17.4 Å². The van der Waals surface area contributed by atoms with Crippen LogP contribution in [0.4, 0.5) is 13.2 Å². The van der Waals surface area contributed by atoms with Gasteiger partial charge in [0.2, 0.25) is 0 Å². The molecule has 0 aliphatic rings. The summed E-state index contributed by atoms with van der Waals surface area (Å²) in [6.45, 7) is 5.36. The summed E-state index contributed by atoms with van der Waals surface area (Å²) in [5, 5.41) is 6.53. The third kappa shape index (κ3) is 3.84. The molecule has 1 aromatic rings. The van der Waals surface area contributed by atoms with Gasteiger partial charge < -0.3 is 9.84 Å². The molecule has 0 radical (unpaired) electrons. The molecular formula is C10H15F3N2O. The Labute approximate surface area is 92.0 Å². The molecule has 0 aliphatic heterocycles. The van der Waals surface area contributed by atoms with E-state index in [1.54, 1.807) is 13.8 Å². The molecule has 0 saturated heterocycles. The first-order chi connectivity index (χ1) is 7.29. The second-order valence-corrected chi connectivity index (χ2v) is 3.90. The Kier molecular flexibility index (Phi) is 3.96. The number of hydrogen-bond donors (Lipinski definition) is 1. The van der Waals surface area contributed by atoms with E-state index in [9.17, 15) is 13.2 Å². The molecule has 3 nitrogen and oxygen atoms in total. The van der Waals surface area contributed by atoms with Crippen molar-refractivity contribution in [3.63, 3.8) is 0 Å². The maximum atomic E-state index is 12.1. The number of halogens is 3. The van der Waals surface area contributed by atoms with Crippen molar-refractivity contribution < 1.29 is 17.7 Å². The van der Waals surface area contributed by atoms with Gasteiger partial charge in [0.1, 0.15) is 5.76 Å². The fraction of sp³-hybridized carbons (Fsp3) is 0.700. The van der Waals surface area contributed by atoms with Gasteiger partial charge in [-0.3, -0.25) is 0 Å². The normalized spacial score (nSPS) is 14.1. The molecule has 1 unspecified atom stereocenters. The highest BCUT2D eigenvalue weighted by molar-refractivity contribution is 5.20. The molecule has 0 fully saturated rings. The van der Waals surface area contributed by atoms with Crippen LogP contribution in [-0.2, 0) is 6.54 Å². The molecule has 0 aromatic carbocycles. The standard InChI is InChI=1S/C10H15F3N2O/c1-6(4-10(11,12)13)14-5-9-7(2)15-16-8(9)3/h6,14H,4-5H2,1-3H3. The van der Waals surface area contributed by atoms with E-state index in [0.29, 0.717) is 18.0 Å². The highest BCUT2D eigenvalue weighted by atomic mass is 19.4. The van der Waals surface area contributed by atoms with Gasteiger partial charge in [0, 0.05) is 18.2 Å². The fourth-order valence-corrected chi connectivity index (χ4v) is 1.45. The van der Waals surface area contributed by atoms with E-state index < -0.39 is 18.6 Å². The Bertz CT molecular complexity index is 327. The van der Waals surface area contributed by atoms with Gasteiger partial charge in [0.05, 0.1) is 12.1 Å². The van der Waals surface area contributed by atoms with E-state index in [2.05, 4.69) is 10.5 Å². The zero-order valence-corrected chi connectivity index (χ0v) is 9.48. The molecule has 0 spiro atoms. The number of aromatic nitrogens is 1. The SMILES string of the molecule is Cc1noc(C)c1CNC(C)CC(F)(F)F. The number of nitrogens with zero attached hydrogens (tertiary/aromatic N) is 1. The van der Waals surface area contributed by atoms with Crippen molar-refractivity contribution in [3.8, 4) is 0 Å². The maximum Gasteiger partial charge on any atom is 0.390 e. The van der Waals surface area contributed by atoms with Crippen molar-refractivity contribution in [2.75, 3.05) is 0 Å². The third-order valence-electron chi connectivity index (χ3n) is 2.35. The second kappa shape index (κ2) is 4.86. The maximum absolute atomic E-state index is 12.1. The van der Waals surface area contributed by atoms with Crippen molar-refractivity contribution >= 4 is 0 Å². The number of nitrogens with one attached hydrogen (secondary N) is 1. The first-order valence-corrected chi connectivity index (χ1v) is 5.01. The first-order valence-electron chi connectivity index (χ1n) is 5.01. The van der Waals surface area contributed by atoms with Gasteiger partial charge in [-0.05, 0) is 20.8 Å². The summed E-state index contributed by atoms with van der Waals surface area (Å²) < 4.78 is 41.1. The summed E-state index contributed by atoms with van der Waals surface area (Å²) in [5.41, 5.74) is 1.54. The topological polar surface area (TPSA) is 38.1 Å². The molecule has 1 aromatic heterocycles. The molecule has 0 aliphatic carbocycles. The van der Waals surface area contributed by atoms with Crippen LogP contribution in [0.5, 0.6) is 0 Å². The van der Waals surface area contributed by atoms with Crippen molar-refractivity contribution in [2.45, 2.75) is 46.0 Å². The number of rotatable bonds is 4. The average Bonchev–Trinajstić information content (AvgIpc) is 2.41. The summed E-state index contributed by atoms with van der Waals surface area (Å²) in [6.07, 6.45) is -4.97. The molecule has 1 heterocycles. The Morgan fingerprint density at radius 1 is 1.38 bits per heavy atom. The predicted molar refractivity (Wildman–Crippen MR) is 53.0 cm³/mol. The van der Waals surface area contributed by atoms with Gasteiger partial charge in [0.15, 0.2) is 0 Å². The number of hydrogen-bond acceptors (Lipinski definition) is 3. The molecule has 16 heavy (non-hydrogen) atoms. The minimum absolute atomic E-state index is 0.346. The minimum Gasteiger partial charge on any atom is -0.361 e. The van der Waals surface area contributed by atoms with Crippen LogP contribution in [0, 0.1) is 13.8 Å². The van der Waals surface area contributed by atoms with E-state index in [1.807, 2.05) is 0 Å². The smallest absolute Gasteiger partial charge is 0.361 e. The first kappa shape index (κ1) is 13.0. The second-order valence-electron chi connectivity index (χ2n) is 3.90. The lowest BCUT2D eigenvalue weighted by molar-refractivity contribution is -0.139. The van der Waals surface area contributed by atoms with Gasteiger partial charge >= 0.3 is 6.18 Å². The van der Waals surface area contributed by atoms with Crippen LogP contribution in [0.15, 0.2) is 4.52 Å². The summed E-state index contributed by atoms with van der Waals surface area (Å²) in [7, 11) is 0. The van der Waals surface area contributed by atoms with E-state index in [1.165, 1.54) is 6.92 Å². The van der Waals surface area contributed by atoms with Crippen LogP contribution >= 0.6 is 0 Å². The van der Waals surface area contributed by atoms with Crippen LogP contribution in [0.3, 0.4) is 0 Å². The lowest BCUT2D eigenvalue weighted by Gasteiger charge is -2.15. The van der Waals surface area contributed by atoms with Gasteiger partial charge in [-0.25, -0.2) is 0 Å². The molecule has 92 valence electrons. The summed E-state index contributed by atoms with van der Waals surface area (Å²) in [6, 6.07) is -0.617. The molecule has 1 N–H and O–H groups in total. The van der Waals surface area contributed by atoms with Crippen molar-refractivity contribution in [2.24, 2.45) is 0 Å². The molecule has 0 amide bonds. The van der Waals surface area contributed by atoms with Crippen LogP contribution in [0.2, 0.25) is 0 Å². The van der Waals surface area contributed by atoms with E-state index in [-0.39, 0.29) is 0 Å². The molecule has 6 heteroatoms. The number of alkyl halides is 3. The summed E-state index contributed by atoms with van der Waals surface area (Å²) in [5.74, 6) is 0.643. The number of aryl methyl sites for hydroxylation is 2. The highest BCUT2D eigenvalue weighted by Gasteiger charge is 2.29. The molecular weight excluding hydrogens is 221 g/mol. The van der Waals surface area contributed by atoms with Crippen molar-refractivity contribution in [1.29, 1.82) is 0 Å². The van der Waals surface area contributed by atoms with Gasteiger partial charge in [-0.15, -0.1) is 0 Å². The van der Waals surface area contributed by atoms with Crippen molar-refractivity contribution in [1.82, 2.24) is 10.5 Å². The van der Waals surface area contributed by atoms with E-state index in [0.717, 1.165) is 5.56 Å². The lowest BCUT2D eigenvalue weighted by Crippen LogP contribution is -2.30. The monoisotopic (exact) mass is 236 g/mol. The lowest BCUT2D eigenvalue weighted by atomic mass is 10.1. The van der Waals surface area contributed by atoms with E-state index >= 15 is 0 Å². The van der Waals surface area contributed by atoms with Gasteiger partial charge in [-0.1, -0.05) is 5.16 Å². The Balaban J connectivity index is 2.46. The van der Waals surface area contributed by atoms with Crippen LogP contribution in [0.1, 0.15) is 30.4 Å². The Hall–Kier alpha value is -1.04. The largest absolute Gasteiger partial charge is 0.390 e. The zero-order chi connectivity index (χ0) is 12.3. The molecule has 0 bridgehead atoms. The zero-order valence-electron chi connectivity index (χ0n) is 9.48. The predicted octanol–water partition coefficient (Wildman–Crippen LogP) is 2.72. The summed E-state index contributed by atoms with van der Waals surface area (Å²) in [4.78, 5) is 0. The fourth-order valence-electron chi connectivity index (χ4n) is 1.45. The Morgan fingerprint density at radius 3 is 2.44 bits per heavy atom. The van der Waals surface area contributed by atoms with E-state index in [4.69, 9.17) is 4.52 Å². The summed E-state index contributed by atoms with van der Waals surface area (Å²) >= 11 is 0. The van der Waals surface area contributed by atoms with Gasteiger partial charge in [-0.2, -0.15) is 13.2 Å². The van der Waals surface area contributed by atoms with Crippen molar-refractivity contribution in [3.05, 3.63) is 17.0 Å². The average molecular weight is 236 g/mol. The minimum atomic E-state index is -4.13. The quantitative estimate of drug-likeness (QED) is 0.873. The van der Waals surface area contributed by atoms with Crippen LogP contribution in [0.25, 0.3) is 0 Å². The van der Waals surface area contributed by atoms with Gasteiger partial charge in [0.25, 0.3) is 0 Å². The molecule has 1 rings (SSSR count). The molecule has 0 saturated carbocycles. The van der Waals surface area contributed by atoms with Crippen LogP contribution < -0.4 is 5.32 Å². The highest BCUT2D eigenvalue weighted by Crippen LogP contribution is 2.21. The Morgan fingerprint density at radius 2 is 2.00 bits per heavy atom. The third-order valence-corrected chi connectivity index (χ3v) is 2.35. The molecule has 1 atom stereocenters.